The number of benzene rings is 2. The molecule has 9 heteroatoms. The summed E-state index contributed by atoms with van der Waals surface area (Å²) in [5.41, 5.74) is 3.00. The van der Waals surface area contributed by atoms with Crippen molar-refractivity contribution in [2.75, 3.05) is 6.54 Å². The normalized spacial score (nSPS) is 13.4. The van der Waals surface area contributed by atoms with E-state index >= 15 is 0 Å². The summed E-state index contributed by atoms with van der Waals surface area (Å²) < 4.78 is 42.4. The maximum absolute atomic E-state index is 13.8. The second kappa shape index (κ2) is 7.37. The minimum atomic E-state index is -1.51. The van der Waals surface area contributed by atoms with E-state index in [1.807, 2.05) is 0 Å². The summed E-state index contributed by atoms with van der Waals surface area (Å²) in [5.74, 6) is -4.23. The van der Waals surface area contributed by atoms with Gasteiger partial charge < -0.3 is 9.88 Å². The lowest BCUT2D eigenvalue weighted by molar-refractivity contribution is 0.0732. The molecule has 0 saturated carbocycles. The van der Waals surface area contributed by atoms with Crippen LogP contribution in [-0.4, -0.2) is 32.1 Å². The van der Waals surface area contributed by atoms with E-state index in [1.54, 1.807) is 36.2 Å². The quantitative estimate of drug-likeness (QED) is 0.487. The summed E-state index contributed by atoms with van der Waals surface area (Å²) in [6.07, 6.45) is 0.436. The zero-order valence-electron chi connectivity index (χ0n) is 17.0. The Labute approximate surface area is 179 Å². The molecule has 3 heterocycles. The molecule has 0 radical (unpaired) electrons. The summed E-state index contributed by atoms with van der Waals surface area (Å²) in [6.45, 7) is 0.623. The number of carbonyl (C=O) groups excluding carboxylic acids is 1. The van der Waals surface area contributed by atoms with E-state index in [1.165, 1.54) is 10.7 Å². The second-order valence-electron chi connectivity index (χ2n) is 7.75. The van der Waals surface area contributed by atoms with Gasteiger partial charge in [-0.1, -0.05) is 0 Å². The Morgan fingerprint density at radius 1 is 1.06 bits per heavy atom. The summed E-state index contributed by atoms with van der Waals surface area (Å²) in [5, 5.41) is 5.18. The molecule has 2 aromatic carbocycles. The van der Waals surface area contributed by atoms with E-state index < -0.39 is 17.5 Å². The smallest absolute Gasteiger partial charge is 0.254 e. The lowest BCUT2D eigenvalue weighted by Gasteiger charge is -2.27. The number of H-pyrrole nitrogens is 1. The molecule has 0 atom stereocenters. The van der Waals surface area contributed by atoms with Gasteiger partial charge in [0, 0.05) is 41.9 Å². The number of carbonyl (C=O) groups is 1. The zero-order chi connectivity index (χ0) is 22.6. The molecular formula is C23H17F3N4O2. The molecule has 2 aromatic heterocycles. The molecule has 0 spiro atoms. The third-order valence-corrected chi connectivity index (χ3v) is 5.72. The van der Waals surface area contributed by atoms with E-state index in [2.05, 4.69) is 10.1 Å². The number of fused-ring (bicyclic) bond motifs is 2. The highest BCUT2D eigenvalue weighted by atomic mass is 19.2. The van der Waals surface area contributed by atoms with Gasteiger partial charge in [0.15, 0.2) is 17.5 Å². The number of hydrogen-bond donors (Lipinski definition) is 1. The van der Waals surface area contributed by atoms with Crippen LogP contribution in [0.15, 0.2) is 47.3 Å². The van der Waals surface area contributed by atoms with Crippen LogP contribution in [0.25, 0.3) is 22.2 Å². The average Bonchev–Trinajstić information content (AvgIpc) is 3.11. The fraction of sp³-hybridized carbons (Fsp3) is 0.174. The molecule has 1 amide bonds. The molecule has 1 aliphatic heterocycles. The first-order valence-electron chi connectivity index (χ1n) is 9.94. The molecule has 1 N–H and O–H groups in total. The standard InChI is InChI=1S/C23H17F3N4O2/c1-29-22(14-9-16(24)21(26)17(25)10-14)15-6-7-30(11-19(15)28-29)23(32)13-2-4-18-12(8-13)3-5-20(31)27-18/h2-5,8-10H,6-7,11H2,1H3,(H,27,31). The fourth-order valence-corrected chi connectivity index (χ4v) is 4.22. The Bertz CT molecular complexity index is 1430. The Morgan fingerprint density at radius 3 is 2.56 bits per heavy atom. The van der Waals surface area contributed by atoms with E-state index in [0.29, 0.717) is 35.4 Å². The topological polar surface area (TPSA) is 71.0 Å². The van der Waals surface area contributed by atoms with Crippen molar-refractivity contribution in [2.24, 2.45) is 7.05 Å². The highest BCUT2D eigenvalue weighted by Gasteiger charge is 2.28. The number of aromatic nitrogens is 3. The summed E-state index contributed by atoms with van der Waals surface area (Å²) in [4.78, 5) is 28.9. The molecule has 32 heavy (non-hydrogen) atoms. The number of rotatable bonds is 2. The third-order valence-electron chi connectivity index (χ3n) is 5.72. The Balaban J connectivity index is 1.46. The number of amides is 1. The van der Waals surface area contributed by atoms with Crippen molar-refractivity contribution in [1.82, 2.24) is 19.7 Å². The predicted octanol–water partition coefficient (Wildman–Crippen LogP) is 3.54. The fourth-order valence-electron chi connectivity index (χ4n) is 4.22. The van der Waals surface area contributed by atoms with E-state index in [4.69, 9.17) is 0 Å². The molecule has 162 valence electrons. The molecule has 0 aliphatic carbocycles. The van der Waals surface area contributed by atoms with E-state index in [9.17, 15) is 22.8 Å². The van der Waals surface area contributed by atoms with Gasteiger partial charge in [-0.2, -0.15) is 5.10 Å². The SMILES string of the molecule is Cn1nc2c(c1-c1cc(F)c(F)c(F)c1)CCN(C(=O)c1ccc3[nH]c(=O)ccc3c1)C2. The van der Waals surface area contributed by atoms with Gasteiger partial charge >= 0.3 is 0 Å². The molecule has 1 aliphatic rings. The van der Waals surface area contributed by atoms with Crippen LogP contribution in [0.5, 0.6) is 0 Å². The Hall–Kier alpha value is -3.88. The first-order valence-corrected chi connectivity index (χ1v) is 9.94. The van der Waals surface area contributed by atoms with Crippen LogP contribution in [0.2, 0.25) is 0 Å². The number of nitrogens with one attached hydrogen (secondary N) is 1. The summed E-state index contributed by atoms with van der Waals surface area (Å²) in [7, 11) is 1.64. The van der Waals surface area contributed by atoms with Crippen molar-refractivity contribution < 1.29 is 18.0 Å². The van der Waals surface area contributed by atoms with Crippen molar-refractivity contribution in [3.8, 4) is 11.3 Å². The predicted molar refractivity (Wildman–Crippen MR) is 112 cm³/mol. The van der Waals surface area contributed by atoms with Gasteiger partial charge in [-0.3, -0.25) is 14.3 Å². The number of aryl methyl sites for hydroxylation is 1. The maximum atomic E-state index is 13.8. The first kappa shape index (κ1) is 20.0. The maximum Gasteiger partial charge on any atom is 0.254 e. The molecule has 6 nitrogen and oxygen atoms in total. The average molecular weight is 438 g/mol. The van der Waals surface area contributed by atoms with Crippen LogP contribution in [0, 0.1) is 17.5 Å². The zero-order valence-corrected chi connectivity index (χ0v) is 17.0. The van der Waals surface area contributed by atoms with Crippen molar-refractivity contribution >= 4 is 16.8 Å². The number of halogens is 3. The van der Waals surface area contributed by atoms with Gasteiger partial charge in [0.25, 0.3) is 5.91 Å². The minimum absolute atomic E-state index is 0.185. The highest BCUT2D eigenvalue weighted by molar-refractivity contribution is 5.98. The van der Waals surface area contributed by atoms with Gasteiger partial charge in [-0.05, 0) is 48.2 Å². The second-order valence-corrected chi connectivity index (χ2v) is 7.75. The van der Waals surface area contributed by atoms with Gasteiger partial charge in [0.2, 0.25) is 5.56 Å². The van der Waals surface area contributed by atoms with Crippen LogP contribution in [-0.2, 0) is 20.0 Å². The Morgan fingerprint density at radius 2 is 1.81 bits per heavy atom. The lowest BCUT2D eigenvalue weighted by Crippen LogP contribution is -2.36. The van der Waals surface area contributed by atoms with Crippen molar-refractivity contribution in [3.05, 3.63) is 87.1 Å². The molecule has 0 unspecified atom stereocenters. The monoisotopic (exact) mass is 438 g/mol. The van der Waals surface area contributed by atoms with E-state index in [0.717, 1.165) is 23.1 Å². The van der Waals surface area contributed by atoms with Crippen LogP contribution in [0.1, 0.15) is 21.6 Å². The van der Waals surface area contributed by atoms with Gasteiger partial charge in [-0.15, -0.1) is 0 Å². The lowest BCUT2D eigenvalue weighted by atomic mass is 9.99. The Kier molecular flexibility index (Phi) is 4.61. The molecule has 0 bridgehead atoms. The number of pyridine rings is 1. The van der Waals surface area contributed by atoms with Crippen molar-refractivity contribution in [1.29, 1.82) is 0 Å². The van der Waals surface area contributed by atoms with Crippen molar-refractivity contribution in [2.45, 2.75) is 13.0 Å². The van der Waals surface area contributed by atoms with Gasteiger partial charge in [0.05, 0.1) is 17.9 Å². The first-order chi connectivity index (χ1) is 15.3. The third kappa shape index (κ3) is 3.26. The highest BCUT2D eigenvalue weighted by Crippen LogP contribution is 2.32. The largest absolute Gasteiger partial charge is 0.332 e. The van der Waals surface area contributed by atoms with Crippen LogP contribution < -0.4 is 5.56 Å². The molecule has 0 fully saturated rings. The number of nitrogens with zero attached hydrogens (tertiary/aromatic N) is 3. The van der Waals surface area contributed by atoms with Crippen LogP contribution in [0.3, 0.4) is 0 Å². The summed E-state index contributed by atoms with van der Waals surface area (Å²) >= 11 is 0. The van der Waals surface area contributed by atoms with Gasteiger partial charge in [-0.25, -0.2) is 13.2 Å². The van der Waals surface area contributed by atoms with Gasteiger partial charge in [0.1, 0.15) is 0 Å². The van der Waals surface area contributed by atoms with Crippen LogP contribution in [0.4, 0.5) is 13.2 Å². The van der Waals surface area contributed by atoms with E-state index in [-0.39, 0.29) is 23.6 Å². The van der Waals surface area contributed by atoms with Crippen LogP contribution >= 0.6 is 0 Å². The molecule has 0 saturated heterocycles. The molecular weight excluding hydrogens is 421 g/mol. The number of hydrogen-bond acceptors (Lipinski definition) is 3. The minimum Gasteiger partial charge on any atom is -0.332 e. The van der Waals surface area contributed by atoms with Crippen molar-refractivity contribution in [3.63, 3.8) is 0 Å². The molecule has 5 rings (SSSR count). The summed E-state index contributed by atoms with van der Waals surface area (Å²) in [6, 6.07) is 10.0. The molecule has 4 aromatic rings. The number of aromatic amines is 1.